The zero-order valence-corrected chi connectivity index (χ0v) is 61.3. The van der Waals surface area contributed by atoms with E-state index in [0.717, 1.165) is 114 Å². The Morgan fingerprint density at radius 2 is 0.527 bits per heavy atom. The third-order valence-corrected chi connectivity index (χ3v) is 19.2. The van der Waals surface area contributed by atoms with Crippen LogP contribution in [0.25, 0.3) is 0 Å². The highest BCUT2D eigenvalue weighted by Gasteiger charge is 2.30. The Morgan fingerprint density at radius 3 is 0.780 bits per heavy atom. The van der Waals surface area contributed by atoms with E-state index in [4.69, 9.17) is 37.0 Å². The molecule has 0 aromatic rings. The third kappa shape index (κ3) is 63.9. The highest BCUT2D eigenvalue weighted by molar-refractivity contribution is 7.47. The number of aliphatic hydroxyl groups excluding tert-OH is 1. The maximum Gasteiger partial charge on any atom is 0.472 e. The second-order valence-corrected chi connectivity index (χ2v) is 30.3. The number of carbonyl (C=O) groups excluding carboxylic acids is 4. The highest BCUT2D eigenvalue weighted by Crippen LogP contribution is 2.45. The Bertz CT molecular complexity index is 1800. The SMILES string of the molecule is CCC(C)CCCCCCCCCCCCCCCCC(=O)O[C@H](COC(=O)CCCCCCCCCCCC(C)C)COP(=O)(O)OC[C@@H](O)COP(=O)(O)OC[C@@H](COC(=O)CCCCCCCCC(C)C)OC(=O)CCCCCCCCCCC(C)CC. The first kappa shape index (κ1) is 89.1. The van der Waals surface area contributed by atoms with Crippen molar-refractivity contribution in [1.29, 1.82) is 0 Å². The van der Waals surface area contributed by atoms with E-state index >= 15 is 0 Å². The standard InChI is InChI=1S/C72H140O17P2/c1-9-64(7)50-42-34-25-19-15-13-11-12-14-16-20-28-38-46-54-71(76)88-67(58-82-69(74)52-44-36-27-21-17-18-24-32-40-48-62(3)4)60-86-90(78,79)84-56-66(73)57-85-91(80,81)87-61-68(59-83-70(75)53-45-37-31-30-33-41-49-63(5)6)89-72(77)55-47-39-29-23-22-26-35-43-51-65(8)10-2/h62-68,73H,9-61H2,1-8H3,(H,78,79)(H,80,81)/t64?,65?,66-,67-,68-/m1/s1. The van der Waals surface area contributed by atoms with Gasteiger partial charge in [0.25, 0.3) is 0 Å². The van der Waals surface area contributed by atoms with Gasteiger partial charge >= 0.3 is 39.5 Å². The van der Waals surface area contributed by atoms with Crippen molar-refractivity contribution in [2.45, 2.75) is 375 Å². The van der Waals surface area contributed by atoms with Gasteiger partial charge in [0.15, 0.2) is 12.2 Å². The molecule has 0 radical (unpaired) electrons. The van der Waals surface area contributed by atoms with Crippen LogP contribution in [-0.2, 0) is 65.4 Å². The van der Waals surface area contributed by atoms with Crippen LogP contribution in [0, 0.1) is 23.7 Å². The number of hydrogen-bond acceptors (Lipinski definition) is 15. The van der Waals surface area contributed by atoms with E-state index in [1.54, 1.807) is 0 Å². The van der Waals surface area contributed by atoms with Crippen molar-refractivity contribution in [3.63, 3.8) is 0 Å². The zero-order valence-electron chi connectivity index (χ0n) is 59.5. The van der Waals surface area contributed by atoms with Crippen LogP contribution in [0.15, 0.2) is 0 Å². The Balaban J connectivity index is 5.24. The fraction of sp³-hybridized carbons (Fsp3) is 0.944. The molecule has 0 aromatic carbocycles. The lowest BCUT2D eigenvalue weighted by molar-refractivity contribution is -0.161. The second kappa shape index (κ2) is 61.6. The Morgan fingerprint density at radius 1 is 0.308 bits per heavy atom. The molecule has 0 aliphatic carbocycles. The first-order valence-electron chi connectivity index (χ1n) is 37.3. The quantitative estimate of drug-likeness (QED) is 0.0222. The average Bonchev–Trinajstić information content (AvgIpc) is 3.58. The van der Waals surface area contributed by atoms with Crippen LogP contribution in [0.1, 0.15) is 357 Å². The summed E-state index contributed by atoms with van der Waals surface area (Å²) in [6.45, 7) is 14.1. The zero-order chi connectivity index (χ0) is 67.5. The summed E-state index contributed by atoms with van der Waals surface area (Å²) in [5, 5.41) is 10.6. The van der Waals surface area contributed by atoms with Gasteiger partial charge in [-0.25, -0.2) is 9.13 Å². The van der Waals surface area contributed by atoms with E-state index in [2.05, 4.69) is 55.4 Å². The van der Waals surface area contributed by atoms with E-state index in [1.807, 2.05) is 0 Å². The topological polar surface area (TPSA) is 237 Å². The lowest BCUT2D eigenvalue weighted by atomic mass is 9.99. The van der Waals surface area contributed by atoms with Crippen LogP contribution in [0.2, 0.25) is 0 Å². The maximum atomic E-state index is 13.0. The smallest absolute Gasteiger partial charge is 0.462 e. The second-order valence-electron chi connectivity index (χ2n) is 27.4. The molecule has 0 aliphatic heterocycles. The van der Waals surface area contributed by atoms with Crippen LogP contribution in [0.5, 0.6) is 0 Å². The van der Waals surface area contributed by atoms with Crippen molar-refractivity contribution in [2.24, 2.45) is 23.7 Å². The molecule has 7 atom stereocenters. The molecule has 0 saturated heterocycles. The first-order chi connectivity index (χ1) is 43.7. The minimum absolute atomic E-state index is 0.103. The fourth-order valence-electron chi connectivity index (χ4n) is 10.8. The van der Waals surface area contributed by atoms with Gasteiger partial charge < -0.3 is 33.8 Å². The number of esters is 4. The predicted octanol–water partition coefficient (Wildman–Crippen LogP) is 20.5. The van der Waals surface area contributed by atoms with Crippen LogP contribution in [0.4, 0.5) is 0 Å². The van der Waals surface area contributed by atoms with Crippen molar-refractivity contribution in [3.8, 4) is 0 Å². The maximum absolute atomic E-state index is 13.0. The number of carbonyl (C=O) groups is 4. The summed E-state index contributed by atoms with van der Waals surface area (Å²) in [7, 11) is -9.91. The minimum Gasteiger partial charge on any atom is -0.462 e. The number of unbranched alkanes of at least 4 members (excludes halogenated alkanes) is 33. The minimum atomic E-state index is -4.95. The molecule has 0 aromatic heterocycles. The molecule has 0 saturated carbocycles. The number of rotatable bonds is 69. The number of aliphatic hydroxyl groups is 1. The van der Waals surface area contributed by atoms with Gasteiger partial charge in [-0.15, -0.1) is 0 Å². The van der Waals surface area contributed by atoms with Gasteiger partial charge in [-0.2, -0.15) is 0 Å². The van der Waals surface area contributed by atoms with Crippen molar-refractivity contribution in [1.82, 2.24) is 0 Å². The summed E-state index contributed by atoms with van der Waals surface area (Å²) in [5.41, 5.74) is 0. The molecule has 0 aliphatic rings. The monoisotopic (exact) mass is 1340 g/mol. The van der Waals surface area contributed by atoms with E-state index in [-0.39, 0.29) is 25.7 Å². The molecule has 0 heterocycles. The van der Waals surface area contributed by atoms with Gasteiger partial charge in [-0.1, -0.05) is 306 Å². The predicted molar refractivity (Wildman–Crippen MR) is 367 cm³/mol. The summed E-state index contributed by atoms with van der Waals surface area (Å²) >= 11 is 0. The Labute approximate surface area is 556 Å². The lowest BCUT2D eigenvalue weighted by Gasteiger charge is -2.21. The summed E-state index contributed by atoms with van der Waals surface area (Å²) in [4.78, 5) is 72.6. The fourth-order valence-corrected chi connectivity index (χ4v) is 12.4. The van der Waals surface area contributed by atoms with E-state index in [0.29, 0.717) is 31.6 Å². The van der Waals surface area contributed by atoms with E-state index < -0.39 is 97.5 Å². The number of phosphoric ester groups is 2. The molecule has 540 valence electrons. The Hall–Kier alpha value is -1.94. The van der Waals surface area contributed by atoms with Crippen LogP contribution in [-0.4, -0.2) is 96.7 Å². The molecule has 4 unspecified atom stereocenters. The molecule has 0 fully saturated rings. The highest BCUT2D eigenvalue weighted by atomic mass is 31.2. The molecular formula is C72H140O17P2. The van der Waals surface area contributed by atoms with Gasteiger partial charge in [-0.05, 0) is 49.4 Å². The van der Waals surface area contributed by atoms with Gasteiger partial charge in [0, 0.05) is 25.7 Å². The molecule has 17 nitrogen and oxygen atoms in total. The van der Waals surface area contributed by atoms with Crippen molar-refractivity contribution >= 4 is 39.5 Å². The molecule has 3 N–H and O–H groups in total. The number of phosphoric acid groups is 2. The van der Waals surface area contributed by atoms with E-state index in [1.165, 1.54) is 154 Å². The van der Waals surface area contributed by atoms with Gasteiger partial charge in [0.1, 0.15) is 19.3 Å². The molecule has 91 heavy (non-hydrogen) atoms. The lowest BCUT2D eigenvalue weighted by Crippen LogP contribution is -2.30. The number of ether oxygens (including phenoxy) is 4. The Kier molecular flexibility index (Phi) is 60.3. The van der Waals surface area contributed by atoms with Gasteiger partial charge in [0.05, 0.1) is 26.4 Å². The number of hydrogen-bond donors (Lipinski definition) is 3. The average molecular weight is 1340 g/mol. The first-order valence-corrected chi connectivity index (χ1v) is 40.3. The largest absolute Gasteiger partial charge is 0.472 e. The third-order valence-electron chi connectivity index (χ3n) is 17.3. The van der Waals surface area contributed by atoms with Crippen LogP contribution >= 0.6 is 15.6 Å². The van der Waals surface area contributed by atoms with Crippen molar-refractivity contribution in [2.75, 3.05) is 39.6 Å². The molecule has 0 spiro atoms. The molecule has 19 heteroatoms. The van der Waals surface area contributed by atoms with Crippen molar-refractivity contribution in [3.05, 3.63) is 0 Å². The normalized spacial score (nSPS) is 14.8. The van der Waals surface area contributed by atoms with Gasteiger partial charge in [-0.3, -0.25) is 37.3 Å². The summed E-state index contributed by atoms with van der Waals surface area (Å²) in [5.74, 6) is 0.909. The van der Waals surface area contributed by atoms with Crippen LogP contribution in [0.3, 0.4) is 0 Å². The molecule has 0 rings (SSSR count). The molecular weight excluding hydrogens is 1200 g/mol. The van der Waals surface area contributed by atoms with E-state index in [9.17, 15) is 43.2 Å². The molecule has 0 amide bonds. The summed E-state index contributed by atoms with van der Waals surface area (Å²) in [6.07, 6.45) is 44.5. The summed E-state index contributed by atoms with van der Waals surface area (Å²) < 4.78 is 68.3. The van der Waals surface area contributed by atoms with Crippen LogP contribution < -0.4 is 0 Å². The van der Waals surface area contributed by atoms with Crippen molar-refractivity contribution < 1.29 is 80.2 Å². The summed E-state index contributed by atoms with van der Waals surface area (Å²) in [6, 6.07) is 0. The molecule has 0 bridgehead atoms. The van der Waals surface area contributed by atoms with Gasteiger partial charge in [0.2, 0.25) is 0 Å².